The summed E-state index contributed by atoms with van der Waals surface area (Å²) in [6.45, 7) is 4.38. The number of aryl methyl sites for hydroxylation is 1. The molecule has 4 nitrogen and oxygen atoms in total. The van der Waals surface area contributed by atoms with E-state index in [1.165, 1.54) is 12.1 Å². The summed E-state index contributed by atoms with van der Waals surface area (Å²) < 4.78 is 40.9. The number of piperidine rings is 1. The highest BCUT2D eigenvalue weighted by molar-refractivity contribution is 7.89. The van der Waals surface area contributed by atoms with Gasteiger partial charge in [-0.25, -0.2) is 17.5 Å². The molecular weight excluding hydrogens is 303 g/mol. The van der Waals surface area contributed by atoms with Gasteiger partial charge < -0.3 is 5.32 Å². The van der Waals surface area contributed by atoms with Crippen LogP contribution in [0.3, 0.4) is 0 Å². The molecule has 7 heteroatoms. The Morgan fingerprint density at radius 3 is 2.70 bits per heavy atom. The lowest BCUT2D eigenvalue weighted by Gasteiger charge is -2.28. The summed E-state index contributed by atoms with van der Waals surface area (Å²) in [6.07, 6.45) is 1.43. The lowest BCUT2D eigenvalue weighted by molar-refractivity contribution is 0.361. The van der Waals surface area contributed by atoms with Crippen molar-refractivity contribution in [3.8, 4) is 0 Å². The Morgan fingerprint density at radius 2 is 2.10 bits per heavy atom. The number of hydrogen-bond acceptors (Lipinski definition) is 3. The van der Waals surface area contributed by atoms with Gasteiger partial charge in [0, 0.05) is 12.1 Å². The molecule has 20 heavy (non-hydrogen) atoms. The van der Waals surface area contributed by atoms with E-state index in [1.54, 1.807) is 13.0 Å². The molecule has 2 N–H and O–H groups in total. The third-order valence-electron chi connectivity index (χ3n) is 3.38. The zero-order chi connectivity index (χ0) is 14.0. The Bertz CT molecular complexity index is 545. The predicted octanol–water partition coefficient (Wildman–Crippen LogP) is 1.97. The fraction of sp³-hybridized carbons (Fsp3) is 0.538. The normalized spacial score (nSPS) is 23.1. The van der Waals surface area contributed by atoms with Gasteiger partial charge in [-0.2, -0.15) is 0 Å². The molecule has 2 atom stereocenters. The third kappa shape index (κ3) is 3.91. The highest BCUT2D eigenvalue weighted by atomic mass is 35.5. The molecule has 114 valence electrons. The van der Waals surface area contributed by atoms with Gasteiger partial charge in [-0.15, -0.1) is 12.4 Å². The van der Waals surface area contributed by atoms with E-state index in [9.17, 15) is 12.8 Å². The molecule has 1 aromatic carbocycles. The molecular formula is C13H20ClFN2O2S. The maximum absolute atomic E-state index is 13.7. The van der Waals surface area contributed by atoms with Crippen molar-refractivity contribution in [1.29, 1.82) is 0 Å². The van der Waals surface area contributed by atoms with Crippen molar-refractivity contribution in [3.05, 3.63) is 29.6 Å². The van der Waals surface area contributed by atoms with Gasteiger partial charge >= 0.3 is 0 Å². The summed E-state index contributed by atoms with van der Waals surface area (Å²) in [5.74, 6) is -0.700. The van der Waals surface area contributed by atoms with E-state index in [1.807, 2.05) is 6.92 Å². The first-order valence-electron chi connectivity index (χ1n) is 6.41. The zero-order valence-corrected chi connectivity index (χ0v) is 13.2. The second-order valence-corrected chi connectivity index (χ2v) is 6.73. The second-order valence-electron chi connectivity index (χ2n) is 5.08. The Balaban J connectivity index is 0.00000200. The Morgan fingerprint density at radius 1 is 1.40 bits per heavy atom. The van der Waals surface area contributed by atoms with Crippen molar-refractivity contribution >= 4 is 22.4 Å². The first kappa shape index (κ1) is 17.4. The van der Waals surface area contributed by atoms with Crippen molar-refractivity contribution in [2.24, 2.45) is 0 Å². The van der Waals surface area contributed by atoms with Gasteiger partial charge in [0.25, 0.3) is 0 Å². The molecule has 0 amide bonds. The van der Waals surface area contributed by atoms with E-state index in [4.69, 9.17) is 0 Å². The van der Waals surface area contributed by atoms with Crippen LogP contribution < -0.4 is 10.0 Å². The van der Waals surface area contributed by atoms with E-state index in [2.05, 4.69) is 10.0 Å². The van der Waals surface area contributed by atoms with Crippen molar-refractivity contribution in [2.75, 3.05) is 6.54 Å². The molecule has 1 fully saturated rings. The van der Waals surface area contributed by atoms with Gasteiger partial charge in [-0.1, -0.05) is 12.1 Å². The third-order valence-corrected chi connectivity index (χ3v) is 5.08. The number of nitrogens with one attached hydrogen (secondary N) is 2. The maximum Gasteiger partial charge on any atom is 0.243 e. The van der Waals surface area contributed by atoms with Crippen LogP contribution in [0.15, 0.2) is 23.1 Å². The smallest absolute Gasteiger partial charge is 0.243 e. The fourth-order valence-corrected chi connectivity index (χ4v) is 4.06. The monoisotopic (exact) mass is 322 g/mol. The van der Waals surface area contributed by atoms with Crippen LogP contribution in [0.4, 0.5) is 4.39 Å². The predicted molar refractivity (Wildman–Crippen MR) is 79.2 cm³/mol. The number of rotatable bonds is 3. The molecule has 2 rings (SSSR count). The second kappa shape index (κ2) is 6.85. The van der Waals surface area contributed by atoms with Crippen molar-refractivity contribution < 1.29 is 12.8 Å². The maximum atomic E-state index is 13.7. The minimum Gasteiger partial charge on any atom is -0.314 e. The molecule has 1 aliphatic rings. The van der Waals surface area contributed by atoms with Crippen LogP contribution in [0.5, 0.6) is 0 Å². The molecule has 2 unspecified atom stereocenters. The van der Waals surface area contributed by atoms with Gasteiger partial charge in [0.2, 0.25) is 10.0 Å². The van der Waals surface area contributed by atoms with Gasteiger partial charge in [0.05, 0.1) is 0 Å². The van der Waals surface area contributed by atoms with Crippen LogP contribution in [0.25, 0.3) is 0 Å². The van der Waals surface area contributed by atoms with Crippen LogP contribution in [0.2, 0.25) is 0 Å². The lowest BCUT2D eigenvalue weighted by atomic mass is 10.0. The highest BCUT2D eigenvalue weighted by Gasteiger charge is 2.27. The first-order valence-corrected chi connectivity index (χ1v) is 7.89. The topological polar surface area (TPSA) is 58.2 Å². The summed E-state index contributed by atoms with van der Waals surface area (Å²) in [7, 11) is -3.80. The molecule has 0 radical (unpaired) electrons. The number of hydrogen-bond donors (Lipinski definition) is 2. The van der Waals surface area contributed by atoms with E-state index in [0.717, 1.165) is 13.0 Å². The molecule has 1 heterocycles. The molecule has 1 aliphatic heterocycles. The number of benzene rings is 1. The largest absolute Gasteiger partial charge is 0.314 e. The Kier molecular flexibility index (Phi) is 5.94. The van der Waals surface area contributed by atoms with Crippen LogP contribution in [0.1, 0.15) is 25.3 Å². The van der Waals surface area contributed by atoms with Gasteiger partial charge in [0.1, 0.15) is 10.7 Å². The summed E-state index contributed by atoms with van der Waals surface area (Å²) in [6, 6.07) is 4.41. The number of halogens is 2. The quantitative estimate of drug-likeness (QED) is 0.894. The van der Waals surface area contributed by atoms with Crippen LogP contribution in [0, 0.1) is 12.7 Å². The summed E-state index contributed by atoms with van der Waals surface area (Å²) in [5.41, 5.74) is 0.425. The molecule has 0 spiro atoms. The van der Waals surface area contributed by atoms with E-state index in [0.29, 0.717) is 12.0 Å². The highest BCUT2D eigenvalue weighted by Crippen LogP contribution is 2.20. The van der Waals surface area contributed by atoms with Gasteiger partial charge in [0.15, 0.2) is 0 Å². The fourth-order valence-electron chi connectivity index (χ4n) is 2.47. The summed E-state index contributed by atoms with van der Waals surface area (Å²) in [4.78, 5) is -0.235. The molecule has 0 aromatic heterocycles. The van der Waals surface area contributed by atoms with Crippen molar-refractivity contribution in [1.82, 2.24) is 10.0 Å². The van der Waals surface area contributed by atoms with E-state index < -0.39 is 15.8 Å². The van der Waals surface area contributed by atoms with Crippen molar-refractivity contribution in [2.45, 2.75) is 43.7 Å². The first-order chi connectivity index (χ1) is 8.90. The number of sulfonamides is 1. The van der Waals surface area contributed by atoms with Gasteiger partial charge in [-0.3, -0.25) is 0 Å². The average Bonchev–Trinajstić information content (AvgIpc) is 2.27. The minimum atomic E-state index is -3.80. The SMILES string of the molecule is Cc1cccc(F)c1S(=O)(=O)NC1CCNC(C)C1.Cl. The Labute approximate surface area is 125 Å². The summed E-state index contributed by atoms with van der Waals surface area (Å²) in [5, 5.41) is 3.25. The molecule has 0 aliphatic carbocycles. The van der Waals surface area contributed by atoms with E-state index in [-0.39, 0.29) is 29.4 Å². The lowest BCUT2D eigenvalue weighted by Crippen LogP contribution is -2.46. The zero-order valence-electron chi connectivity index (χ0n) is 11.5. The van der Waals surface area contributed by atoms with E-state index >= 15 is 0 Å². The van der Waals surface area contributed by atoms with Crippen LogP contribution in [-0.2, 0) is 10.0 Å². The molecule has 0 saturated carbocycles. The van der Waals surface area contributed by atoms with Crippen molar-refractivity contribution in [3.63, 3.8) is 0 Å². The Hall–Kier alpha value is -0.690. The standard InChI is InChI=1S/C13H19FN2O2S.ClH/c1-9-4-3-5-12(14)13(9)19(17,18)16-11-6-7-15-10(2)8-11;/h3-5,10-11,15-16H,6-8H2,1-2H3;1H. The van der Waals surface area contributed by atoms with Crippen LogP contribution >= 0.6 is 12.4 Å². The molecule has 1 aromatic rings. The average molecular weight is 323 g/mol. The molecule has 1 saturated heterocycles. The van der Waals surface area contributed by atoms with Gasteiger partial charge in [-0.05, 0) is 44.9 Å². The van der Waals surface area contributed by atoms with Crippen LogP contribution in [-0.4, -0.2) is 27.0 Å². The minimum absolute atomic E-state index is 0. The summed E-state index contributed by atoms with van der Waals surface area (Å²) >= 11 is 0. The molecule has 0 bridgehead atoms.